The number of sulfonamides is 1. The summed E-state index contributed by atoms with van der Waals surface area (Å²) in [6.07, 6.45) is -3.64. The van der Waals surface area contributed by atoms with E-state index in [9.17, 15) is 31.2 Å². The van der Waals surface area contributed by atoms with Gasteiger partial charge in [-0.05, 0) is 68.1 Å². The van der Waals surface area contributed by atoms with Gasteiger partial charge >= 0.3 is 12.1 Å². The number of benzene rings is 3. The number of rotatable bonds is 11. The molecule has 3 aromatic rings. The van der Waals surface area contributed by atoms with Crippen molar-refractivity contribution >= 4 is 21.9 Å². The number of carbonyl (C=O) groups excluding carboxylic acids is 2. The summed E-state index contributed by atoms with van der Waals surface area (Å²) in [4.78, 5) is 26.4. The summed E-state index contributed by atoms with van der Waals surface area (Å²) in [5, 5.41) is 2.68. The lowest BCUT2D eigenvalue weighted by Gasteiger charge is -2.34. The molecule has 3 aromatic carbocycles. The van der Waals surface area contributed by atoms with Crippen molar-refractivity contribution in [1.82, 2.24) is 9.62 Å². The summed E-state index contributed by atoms with van der Waals surface area (Å²) in [7, 11) is -4.47. The van der Waals surface area contributed by atoms with E-state index in [1.165, 1.54) is 0 Å². The predicted molar refractivity (Wildman–Crippen MR) is 157 cm³/mol. The fourth-order valence-corrected chi connectivity index (χ4v) is 6.63. The molecule has 44 heavy (non-hydrogen) atoms. The van der Waals surface area contributed by atoms with Crippen molar-refractivity contribution in [3.05, 3.63) is 95.6 Å². The molecule has 1 fully saturated rings. The minimum absolute atomic E-state index is 0.0350. The third kappa shape index (κ3) is 8.60. The molecule has 12 heteroatoms. The molecule has 0 radical (unpaired) electrons. The van der Waals surface area contributed by atoms with Crippen LogP contribution in [0.5, 0.6) is 5.75 Å². The number of hydrogen-bond acceptors (Lipinski definition) is 6. The molecular weight excluding hydrogens is 597 g/mol. The molecule has 0 aliphatic carbocycles. The molecule has 1 aliphatic heterocycles. The van der Waals surface area contributed by atoms with Crippen LogP contribution in [-0.2, 0) is 43.6 Å². The van der Waals surface area contributed by atoms with Gasteiger partial charge in [0.2, 0.25) is 15.9 Å². The number of nitrogens with one attached hydrogen (secondary N) is 1. The standard InChI is InChI=1S/C32H35F3N2O6S/c1-22(2)43-26-16-14-23(15-17-26)19-28(31(39)42-21-24-9-4-3-5-10-24)36-30(38)29-13-6-7-18-37(29)44(40,41)27-12-8-11-25(20-27)32(33,34)35/h3-5,8-12,14-17,20,22,28-29H,6-7,13,18-19,21H2,1-2H3,(H,36,38)/t28-,29-/m0/s1. The van der Waals surface area contributed by atoms with Gasteiger partial charge in [0.25, 0.3) is 0 Å². The highest BCUT2D eigenvalue weighted by molar-refractivity contribution is 7.89. The average Bonchev–Trinajstić information content (AvgIpc) is 3.00. The van der Waals surface area contributed by atoms with Crippen molar-refractivity contribution in [3.8, 4) is 5.75 Å². The van der Waals surface area contributed by atoms with Gasteiger partial charge in [-0.2, -0.15) is 17.5 Å². The zero-order valence-electron chi connectivity index (χ0n) is 24.4. The van der Waals surface area contributed by atoms with E-state index in [1.54, 1.807) is 48.5 Å². The first-order chi connectivity index (χ1) is 20.8. The van der Waals surface area contributed by atoms with Crippen LogP contribution in [0.2, 0.25) is 0 Å². The Morgan fingerprint density at radius 3 is 2.32 bits per heavy atom. The Balaban J connectivity index is 1.56. The minimum atomic E-state index is -4.74. The molecule has 1 heterocycles. The first-order valence-electron chi connectivity index (χ1n) is 14.3. The second-order valence-corrected chi connectivity index (χ2v) is 12.7. The summed E-state index contributed by atoms with van der Waals surface area (Å²) in [6.45, 7) is 3.69. The van der Waals surface area contributed by atoms with Crippen LogP contribution >= 0.6 is 0 Å². The molecule has 0 spiro atoms. The molecule has 0 unspecified atom stereocenters. The maximum absolute atomic E-state index is 13.6. The van der Waals surface area contributed by atoms with Crippen LogP contribution in [0.3, 0.4) is 0 Å². The van der Waals surface area contributed by atoms with E-state index in [0.717, 1.165) is 28.1 Å². The minimum Gasteiger partial charge on any atom is -0.491 e. The Labute approximate surface area is 255 Å². The fourth-order valence-electron chi connectivity index (χ4n) is 4.93. The highest BCUT2D eigenvalue weighted by Crippen LogP contribution is 2.32. The number of amides is 1. The maximum Gasteiger partial charge on any atom is 0.416 e. The first kappa shape index (κ1) is 33.0. The zero-order valence-corrected chi connectivity index (χ0v) is 25.2. The van der Waals surface area contributed by atoms with E-state index < -0.39 is 50.6 Å². The van der Waals surface area contributed by atoms with Crippen molar-refractivity contribution in [2.75, 3.05) is 6.54 Å². The number of hydrogen-bond donors (Lipinski definition) is 1. The van der Waals surface area contributed by atoms with Crippen molar-refractivity contribution in [2.45, 2.75) is 75.4 Å². The predicted octanol–water partition coefficient (Wildman–Crippen LogP) is 5.51. The fraction of sp³-hybridized carbons (Fsp3) is 0.375. The summed E-state index contributed by atoms with van der Waals surface area (Å²) in [5.41, 5.74) is 0.328. The lowest BCUT2D eigenvalue weighted by Crippen LogP contribution is -2.55. The van der Waals surface area contributed by atoms with Crippen molar-refractivity contribution < 1.29 is 40.7 Å². The highest BCUT2D eigenvalue weighted by Gasteiger charge is 2.40. The third-order valence-electron chi connectivity index (χ3n) is 7.08. The lowest BCUT2D eigenvalue weighted by atomic mass is 10.0. The molecule has 8 nitrogen and oxygen atoms in total. The van der Waals surface area contributed by atoms with Crippen LogP contribution in [0.1, 0.15) is 49.8 Å². The van der Waals surface area contributed by atoms with Gasteiger partial charge in [0.05, 0.1) is 16.6 Å². The van der Waals surface area contributed by atoms with Crippen LogP contribution in [0.25, 0.3) is 0 Å². The van der Waals surface area contributed by atoms with Gasteiger partial charge in [-0.15, -0.1) is 0 Å². The SMILES string of the molecule is CC(C)Oc1ccc(C[C@H](NC(=O)[C@@H]2CCCCN2S(=O)(=O)c2cccc(C(F)(F)F)c2)C(=O)OCc2ccccc2)cc1. The first-order valence-corrected chi connectivity index (χ1v) is 15.7. The molecule has 1 saturated heterocycles. The van der Waals surface area contributed by atoms with E-state index in [-0.39, 0.29) is 32.1 Å². The molecular formula is C32H35F3N2O6S. The van der Waals surface area contributed by atoms with Gasteiger partial charge in [0, 0.05) is 13.0 Å². The number of ether oxygens (including phenoxy) is 2. The van der Waals surface area contributed by atoms with E-state index >= 15 is 0 Å². The molecule has 236 valence electrons. The molecule has 0 saturated carbocycles. The van der Waals surface area contributed by atoms with Crippen LogP contribution in [0.4, 0.5) is 13.2 Å². The van der Waals surface area contributed by atoms with Crippen molar-refractivity contribution in [3.63, 3.8) is 0 Å². The maximum atomic E-state index is 13.6. The Morgan fingerprint density at radius 1 is 0.955 bits per heavy atom. The Morgan fingerprint density at radius 2 is 1.66 bits per heavy atom. The van der Waals surface area contributed by atoms with Gasteiger partial charge in [0.15, 0.2) is 0 Å². The van der Waals surface area contributed by atoms with E-state index in [4.69, 9.17) is 9.47 Å². The van der Waals surface area contributed by atoms with Gasteiger partial charge in [0.1, 0.15) is 24.4 Å². The second kappa shape index (κ2) is 14.3. The summed E-state index contributed by atoms with van der Waals surface area (Å²) < 4.78 is 79.2. The van der Waals surface area contributed by atoms with Gasteiger partial charge in [-0.25, -0.2) is 13.2 Å². The zero-order chi connectivity index (χ0) is 31.9. The second-order valence-electron chi connectivity index (χ2n) is 10.8. The molecule has 1 aliphatic rings. The summed E-state index contributed by atoms with van der Waals surface area (Å²) in [5.74, 6) is -0.817. The molecule has 2 atom stereocenters. The highest BCUT2D eigenvalue weighted by atomic mass is 32.2. The van der Waals surface area contributed by atoms with Crippen LogP contribution in [0, 0.1) is 0 Å². The number of alkyl halides is 3. The van der Waals surface area contributed by atoms with Gasteiger partial charge < -0.3 is 14.8 Å². The van der Waals surface area contributed by atoms with Crippen LogP contribution < -0.4 is 10.1 Å². The summed E-state index contributed by atoms with van der Waals surface area (Å²) in [6, 6.07) is 17.0. The van der Waals surface area contributed by atoms with Crippen LogP contribution in [-0.4, -0.2) is 49.3 Å². The Kier molecular flexibility index (Phi) is 10.7. The Hall–Kier alpha value is -3.90. The number of esters is 1. The van der Waals surface area contributed by atoms with E-state index in [2.05, 4.69) is 5.32 Å². The number of nitrogens with zero attached hydrogens (tertiary/aromatic N) is 1. The number of carbonyl (C=O) groups is 2. The molecule has 1 N–H and O–H groups in total. The van der Waals surface area contributed by atoms with Crippen molar-refractivity contribution in [1.29, 1.82) is 0 Å². The van der Waals surface area contributed by atoms with E-state index in [0.29, 0.717) is 30.2 Å². The smallest absolute Gasteiger partial charge is 0.416 e. The van der Waals surface area contributed by atoms with Gasteiger partial charge in [-0.1, -0.05) is 55.0 Å². The molecule has 4 rings (SSSR count). The number of piperidine rings is 1. The third-order valence-corrected chi connectivity index (χ3v) is 8.99. The lowest BCUT2D eigenvalue weighted by molar-refractivity contribution is -0.149. The van der Waals surface area contributed by atoms with Gasteiger partial charge in [-0.3, -0.25) is 4.79 Å². The molecule has 0 bridgehead atoms. The number of halogens is 3. The topological polar surface area (TPSA) is 102 Å². The molecule has 0 aromatic heterocycles. The Bertz CT molecular complexity index is 1530. The monoisotopic (exact) mass is 632 g/mol. The van der Waals surface area contributed by atoms with Crippen molar-refractivity contribution in [2.24, 2.45) is 0 Å². The normalized spacial score (nSPS) is 16.7. The van der Waals surface area contributed by atoms with E-state index in [1.807, 2.05) is 19.9 Å². The summed E-state index contributed by atoms with van der Waals surface area (Å²) >= 11 is 0. The largest absolute Gasteiger partial charge is 0.491 e. The molecule has 1 amide bonds. The average molecular weight is 633 g/mol. The van der Waals surface area contributed by atoms with Crippen LogP contribution in [0.15, 0.2) is 83.8 Å². The quantitative estimate of drug-likeness (QED) is 0.280.